The molecule has 0 aromatic heterocycles. The van der Waals surface area contributed by atoms with Gasteiger partial charge in [-0.15, -0.1) is 0 Å². The number of rotatable bonds is 4. The summed E-state index contributed by atoms with van der Waals surface area (Å²) in [6.07, 6.45) is 1.38. The predicted octanol–water partition coefficient (Wildman–Crippen LogP) is 3.69. The molecular formula is C20H22N2O3. The molecule has 0 spiro atoms. The number of hydrogen-bond donors (Lipinski definition) is 1. The number of aryl methyl sites for hydroxylation is 2. The van der Waals surface area contributed by atoms with Gasteiger partial charge in [0.05, 0.1) is 12.8 Å². The lowest BCUT2D eigenvalue weighted by molar-refractivity contribution is -0.117. The first kappa shape index (κ1) is 17.0. The summed E-state index contributed by atoms with van der Waals surface area (Å²) < 4.78 is 5.37. The maximum absolute atomic E-state index is 12.5. The zero-order chi connectivity index (χ0) is 18.0. The number of ether oxygens (including phenoxy) is 1. The number of carbonyl (C=O) groups excluding carboxylic acids is 2. The van der Waals surface area contributed by atoms with Crippen molar-refractivity contribution in [2.24, 2.45) is 0 Å². The van der Waals surface area contributed by atoms with Crippen LogP contribution >= 0.6 is 0 Å². The van der Waals surface area contributed by atoms with Crippen LogP contribution in [0, 0.1) is 13.8 Å². The third kappa shape index (κ3) is 3.50. The van der Waals surface area contributed by atoms with Gasteiger partial charge in [0.1, 0.15) is 5.75 Å². The van der Waals surface area contributed by atoms with E-state index in [1.807, 2.05) is 32.0 Å². The summed E-state index contributed by atoms with van der Waals surface area (Å²) in [5.74, 6) is 0.530. The molecule has 3 rings (SSSR count). The molecule has 0 radical (unpaired) electrons. The minimum absolute atomic E-state index is 0.0796. The van der Waals surface area contributed by atoms with Crippen LogP contribution in [0.1, 0.15) is 34.3 Å². The highest BCUT2D eigenvalue weighted by Crippen LogP contribution is 2.34. The molecule has 130 valence electrons. The van der Waals surface area contributed by atoms with Gasteiger partial charge in [-0.05, 0) is 61.7 Å². The van der Waals surface area contributed by atoms with E-state index < -0.39 is 0 Å². The Morgan fingerprint density at radius 3 is 2.56 bits per heavy atom. The number of benzene rings is 2. The molecule has 5 heteroatoms. The SMILES string of the molecule is COc1ccc(NC(=O)c2ccc(C)c(C)c2)cc1N1CCCC1=O. The first-order chi connectivity index (χ1) is 12.0. The molecule has 0 atom stereocenters. The van der Waals surface area contributed by atoms with E-state index in [0.717, 1.165) is 17.5 Å². The van der Waals surface area contributed by atoms with Crippen molar-refractivity contribution < 1.29 is 14.3 Å². The van der Waals surface area contributed by atoms with Crippen LogP contribution in [-0.4, -0.2) is 25.5 Å². The van der Waals surface area contributed by atoms with Crippen LogP contribution < -0.4 is 15.0 Å². The van der Waals surface area contributed by atoms with E-state index in [2.05, 4.69) is 5.32 Å². The zero-order valence-corrected chi connectivity index (χ0v) is 14.8. The Hall–Kier alpha value is -2.82. The molecular weight excluding hydrogens is 316 g/mol. The van der Waals surface area contributed by atoms with E-state index in [0.29, 0.717) is 35.7 Å². The molecule has 0 unspecified atom stereocenters. The molecule has 2 aromatic carbocycles. The van der Waals surface area contributed by atoms with Crippen molar-refractivity contribution >= 4 is 23.2 Å². The van der Waals surface area contributed by atoms with Gasteiger partial charge >= 0.3 is 0 Å². The molecule has 5 nitrogen and oxygen atoms in total. The molecule has 2 aromatic rings. The molecule has 0 saturated carbocycles. The van der Waals surface area contributed by atoms with Gasteiger partial charge in [0, 0.05) is 24.2 Å². The predicted molar refractivity (Wildman–Crippen MR) is 98.5 cm³/mol. The van der Waals surface area contributed by atoms with Crippen molar-refractivity contribution in [2.45, 2.75) is 26.7 Å². The zero-order valence-electron chi connectivity index (χ0n) is 14.8. The quantitative estimate of drug-likeness (QED) is 0.925. The van der Waals surface area contributed by atoms with Crippen LogP contribution in [0.4, 0.5) is 11.4 Å². The largest absolute Gasteiger partial charge is 0.495 e. The van der Waals surface area contributed by atoms with Crippen LogP contribution in [0.3, 0.4) is 0 Å². The second-order valence-corrected chi connectivity index (χ2v) is 6.29. The normalized spacial score (nSPS) is 13.9. The number of nitrogens with one attached hydrogen (secondary N) is 1. The van der Waals surface area contributed by atoms with E-state index >= 15 is 0 Å². The highest BCUT2D eigenvalue weighted by Gasteiger charge is 2.25. The Bertz CT molecular complexity index is 830. The average Bonchev–Trinajstić information content (AvgIpc) is 3.03. The van der Waals surface area contributed by atoms with Gasteiger partial charge < -0.3 is 15.0 Å². The van der Waals surface area contributed by atoms with Crippen molar-refractivity contribution in [1.82, 2.24) is 0 Å². The highest BCUT2D eigenvalue weighted by atomic mass is 16.5. The van der Waals surface area contributed by atoms with E-state index in [-0.39, 0.29) is 11.8 Å². The molecule has 1 aliphatic heterocycles. The Kier molecular flexibility index (Phi) is 4.74. The summed E-state index contributed by atoms with van der Waals surface area (Å²) >= 11 is 0. The van der Waals surface area contributed by atoms with E-state index in [1.54, 1.807) is 30.2 Å². The van der Waals surface area contributed by atoms with Crippen LogP contribution in [0.5, 0.6) is 5.75 Å². The van der Waals surface area contributed by atoms with Crippen molar-refractivity contribution in [3.63, 3.8) is 0 Å². The second-order valence-electron chi connectivity index (χ2n) is 6.29. The van der Waals surface area contributed by atoms with Crippen LogP contribution in [0.25, 0.3) is 0 Å². The van der Waals surface area contributed by atoms with E-state index in [4.69, 9.17) is 4.74 Å². The van der Waals surface area contributed by atoms with Crippen LogP contribution in [0.15, 0.2) is 36.4 Å². The lowest BCUT2D eigenvalue weighted by atomic mass is 10.1. The van der Waals surface area contributed by atoms with Crippen molar-refractivity contribution in [3.8, 4) is 5.75 Å². The maximum atomic E-state index is 12.5. The lowest BCUT2D eigenvalue weighted by Gasteiger charge is -2.20. The van der Waals surface area contributed by atoms with Gasteiger partial charge in [0.2, 0.25) is 5.91 Å². The molecule has 25 heavy (non-hydrogen) atoms. The fourth-order valence-corrected chi connectivity index (χ4v) is 2.97. The summed E-state index contributed by atoms with van der Waals surface area (Å²) in [7, 11) is 1.58. The number of nitrogens with zero attached hydrogens (tertiary/aromatic N) is 1. The Balaban J connectivity index is 1.86. The molecule has 1 saturated heterocycles. The standard InChI is InChI=1S/C20H22N2O3/c1-13-6-7-15(11-14(13)2)20(24)21-16-8-9-18(25-3)17(12-16)22-10-4-5-19(22)23/h6-9,11-12H,4-5,10H2,1-3H3,(H,21,24). The topological polar surface area (TPSA) is 58.6 Å². The van der Waals surface area contributed by atoms with Gasteiger partial charge in [-0.2, -0.15) is 0 Å². The molecule has 1 heterocycles. The Morgan fingerprint density at radius 2 is 1.92 bits per heavy atom. The minimum atomic E-state index is -0.174. The summed E-state index contributed by atoms with van der Waals surface area (Å²) in [4.78, 5) is 26.3. The van der Waals surface area contributed by atoms with Gasteiger partial charge in [0.15, 0.2) is 0 Å². The van der Waals surface area contributed by atoms with E-state index in [1.165, 1.54) is 0 Å². The molecule has 0 bridgehead atoms. The van der Waals surface area contributed by atoms with Crippen molar-refractivity contribution in [3.05, 3.63) is 53.1 Å². The van der Waals surface area contributed by atoms with Crippen molar-refractivity contribution in [1.29, 1.82) is 0 Å². The second kappa shape index (κ2) is 6.97. The first-order valence-corrected chi connectivity index (χ1v) is 8.36. The van der Waals surface area contributed by atoms with Crippen LogP contribution in [-0.2, 0) is 4.79 Å². The maximum Gasteiger partial charge on any atom is 0.255 e. The van der Waals surface area contributed by atoms with Gasteiger partial charge in [-0.1, -0.05) is 6.07 Å². The molecule has 1 fully saturated rings. The fourth-order valence-electron chi connectivity index (χ4n) is 2.97. The average molecular weight is 338 g/mol. The third-order valence-electron chi connectivity index (χ3n) is 4.57. The van der Waals surface area contributed by atoms with Gasteiger partial charge in [-0.3, -0.25) is 9.59 Å². The number of methoxy groups -OCH3 is 1. The number of amides is 2. The van der Waals surface area contributed by atoms with Gasteiger partial charge in [-0.25, -0.2) is 0 Å². The summed E-state index contributed by atoms with van der Waals surface area (Å²) in [5.41, 5.74) is 4.17. The number of anilines is 2. The smallest absolute Gasteiger partial charge is 0.255 e. The number of carbonyl (C=O) groups is 2. The molecule has 1 N–H and O–H groups in total. The van der Waals surface area contributed by atoms with Gasteiger partial charge in [0.25, 0.3) is 5.91 Å². The monoisotopic (exact) mass is 338 g/mol. The molecule has 1 aliphatic rings. The first-order valence-electron chi connectivity index (χ1n) is 8.36. The summed E-state index contributed by atoms with van der Waals surface area (Å²) in [5, 5.41) is 2.90. The molecule has 0 aliphatic carbocycles. The molecule has 2 amide bonds. The lowest BCUT2D eigenvalue weighted by Crippen LogP contribution is -2.24. The summed E-state index contributed by atoms with van der Waals surface area (Å²) in [6, 6.07) is 11.0. The Morgan fingerprint density at radius 1 is 1.12 bits per heavy atom. The third-order valence-corrected chi connectivity index (χ3v) is 4.57. The number of hydrogen-bond acceptors (Lipinski definition) is 3. The minimum Gasteiger partial charge on any atom is -0.495 e. The summed E-state index contributed by atoms with van der Waals surface area (Å²) in [6.45, 7) is 4.67. The van der Waals surface area contributed by atoms with Crippen LogP contribution in [0.2, 0.25) is 0 Å². The Labute approximate surface area is 147 Å². The van der Waals surface area contributed by atoms with E-state index in [9.17, 15) is 9.59 Å². The fraction of sp³-hybridized carbons (Fsp3) is 0.300. The van der Waals surface area contributed by atoms with Crippen molar-refractivity contribution in [2.75, 3.05) is 23.9 Å². The highest BCUT2D eigenvalue weighted by molar-refractivity contribution is 6.05.